The molecule has 21 heavy (non-hydrogen) atoms. The van der Waals surface area contributed by atoms with Crippen molar-refractivity contribution in [2.75, 3.05) is 33.3 Å². The fourth-order valence-corrected chi connectivity index (χ4v) is 2.13. The zero-order chi connectivity index (χ0) is 15.4. The Kier molecular flexibility index (Phi) is 4.57. The number of piperazine rings is 1. The molecule has 0 atom stereocenters. The molecule has 1 heterocycles. The summed E-state index contributed by atoms with van der Waals surface area (Å²) in [7, 11) is 1.61. The molecule has 0 aliphatic carbocycles. The molecule has 0 unspecified atom stereocenters. The normalized spacial score (nSPS) is 15.3. The minimum atomic E-state index is -0.507. The van der Waals surface area contributed by atoms with Gasteiger partial charge in [-0.2, -0.15) is 0 Å². The molecule has 1 saturated heterocycles. The molecule has 0 saturated carbocycles. The minimum Gasteiger partial charge on any atom is -0.491 e. The number of amides is 2. The molecule has 0 radical (unpaired) electrons. The molecule has 112 valence electrons. The number of rotatable bonds is 5. The molecule has 0 aromatic heterocycles. The van der Waals surface area contributed by atoms with Crippen LogP contribution in [0.1, 0.15) is 17.3 Å². The number of benzene rings is 1. The van der Waals surface area contributed by atoms with Gasteiger partial charge in [0.05, 0.1) is 12.1 Å². The lowest BCUT2D eigenvalue weighted by atomic mass is 10.1. The summed E-state index contributed by atoms with van der Waals surface area (Å²) >= 11 is 0. The zero-order valence-electron chi connectivity index (χ0n) is 12.2. The van der Waals surface area contributed by atoms with Crippen LogP contribution in [-0.2, 0) is 9.59 Å². The molecule has 6 nitrogen and oxygen atoms in total. The van der Waals surface area contributed by atoms with Gasteiger partial charge < -0.3 is 14.5 Å². The number of carbonyl (C=O) groups is 3. The standard InChI is InChI=1S/C15H18N2O4/c1-11(18)12-5-3-4-6-13(12)21-10-9-17-8-7-16(2)14(19)15(17)20/h3-6H,7-10H2,1-2H3. The largest absolute Gasteiger partial charge is 0.491 e. The highest BCUT2D eigenvalue weighted by Gasteiger charge is 2.29. The average molecular weight is 290 g/mol. The smallest absolute Gasteiger partial charge is 0.312 e. The van der Waals surface area contributed by atoms with Gasteiger partial charge in [0.1, 0.15) is 12.4 Å². The van der Waals surface area contributed by atoms with E-state index in [9.17, 15) is 14.4 Å². The van der Waals surface area contributed by atoms with Crippen LogP contribution in [0.25, 0.3) is 0 Å². The van der Waals surface area contributed by atoms with Gasteiger partial charge in [-0.05, 0) is 19.1 Å². The summed E-state index contributed by atoms with van der Waals surface area (Å²) in [6.07, 6.45) is 0. The van der Waals surface area contributed by atoms with Gasteiger partial charge in [0.15, 0.2) is 5.78 Å². The molecule has 1 aliphatic heterocycles. The molecule has 2 amide bonds. The van der Waals surface area contributed by atoms with Crippen molar-refractivity contribution in [3.63, 3.8) is 0 Å². The number of nitrogens with zero attached hydrogens (tertiary/aromatic N) is 2. The van der Waals surface area contributed by atoms with Crippen LogP contribution >= 0.6 is 0 Å². The number of Topliss-reactive ketones (excluding diaryl/α,β-unsaturated/α-hetero) is 1. The Balaban J connectivity index is 1.92. The summed E-state index contributed by atoms with van der Waals surface area (Å²) < 4.78 is 5.57. The van der Waals surface area contributed by atoms with Crippen LogP contribution in [0.15, 0.2) is 24.3 Å². The van der Waals surface area contributed by atoms with E-state index in [1.165, 1.54) is 16.7 Å². The first kappa shape index (κ1) is 15.0. The topological polar surface area (TPSA) is 66.9 Å². The molecule has 1 aromatic rings. The highest BCUT2D eigenvalue weighted by molar-refractivity contribution is 6.35. The van der Waals surface area contributed by atoms with Crippen LogP contribution < -0.4 is 4.74 Å². The van der Waals surface area contributed by atoms with E-state index in [-0.39, 0.29) is 12.4 Å². The molecule has 1 aromatic carbocycles. The average Bonchev–Trinajstić information content (AvgIpc) is 2.47. The van der Waals surface area contributed by atoms with E-state index in [0.717, 1.165) is 0 Å². The zero-order valence-corrected chi connectivity index (χ0v) is 12.2. The minimum absolute atomic E-state index is 0.0727. The Bertz CT molecular complexity index is 571. The third-order valence-electron chi connectivity index (χ3n) is 3.41. The van der Waals surface area contributed by atoms with E-state index in [1.807, 2.05) is 0 Å². The quantitative estimate of drug-likeness (QED) is 0.587. The summed E-state index contributed by atoms with van der Waals surface area (Å²) in [6, 6.07) is 6.97. The van der Waals surface area contributed by atoms with Gasteiger partial charge in [-0.15, -0.1) is 0 Å². The fourth-order valence-electron chi connectivity index (χ4n) is 2.13. The molecule has 6 heteroatoms. The van der Waals surface area contributed by atoms with Gasteiger partial charge in [0.2, 0.25) is 0 Å². The number of hydrogen-bond donors (Lipinski definition) is 0. The monoisotopic (exact) mass is 290 g/mol. The summed E-state index contributed by atoms with van der Waals surface area (Å²) in [5.74, 6) is -0.577. The van der Waals surface area contributed by atoms with Crippen LogP contribution in [-0.4, -0.2) is 60.7 Å². The lowest BCUT2D eigenvalue weighted by molar-refractivity contribution is -0.155. The van der Waals surface area contributed by atoms with Gasteiger partial charge in [-0.3, -0.25) is 14.4 Å². The first-order valence-electron chi connectivity index (χ1n) is 6.78. The lowest BCUT2D eigenvalue weighted by Crippen LogP contribution is -2.53. The molecule has 1 fully saturated rings. The summed E-state index contributed by atoms with van der Waals surface area (Å²) in [5, 5.41) is 0. The van der Waals surface area contributed by atoms with Crippen LogP contribution in [0, 0.1) is 0 Å². The van der Waals surface area contributed by atoms with Crippen molar-refractivity contribution < 1.29 is 19.1 Å². The van der Waals surface area contributed by atoms with E-state index in [0.29, 0.717) is 30.9 Å². The maximum absolute atomic E-state index is 11.8. The number of carbonyl (C=O) groups excluding carboxylic acids is 3. The number of likely N-dealkylation sites (N-methyl/N-ethyl adjacent to an activating group) is 1. The van der Waals surface area contributed by atoms with Gasteiger partial charge in [-0.25, -0.2) is 0 Å². The number of ketones is 1. The Labute approximate surface area is 123 Å². The van der Waals surface area contributed by atoms with E-state index in [2.05, 4.69) is 0 Å². The van der Waals surface area contributed by atoms with Gasteiger partial charge in [0, 0.05) is 20.1 Å². The van der Waals surface area contributed by atoms with E-state index >= 15 is 0 Å². The Hall–Kier alpha value is -2.37. The summed E-state index contributed by atoms with van der Waals surface area (Å²) in [5.41, 5.74) is 0.512. The first-order valence-corrected chi connectivity index (χ1v) is 6.78. The van der Waals surface area contributed by atoms with E-state index < -0.39 is 11.8 Å². The van der Waals surface area contributed by atoms with Gasteiger partial charge >= 0.3 is 11.8 Å². The fraction of sp³-hybridized carbons (Fsp3) is 0.400. The summed E-state index contributed by atoms with van der Waals surface area (Å²) in [4.78, 5) is 37.7. The predicted octanol–water partition coefficient (Wildman–Crippen LogP) is 0.569. The van der Waals surface area contributed by atoms with Crippen molar-refractivity contribution in [1.29, 1.82) is 0 Å². The number of hydrogen-bond acceptors (Lipinski definition) is 4. The molecule has 1 aliphatic rings. The van der Waals surface area contributed by atoms with Crippen molar-refractivity contribution in [1.82, 2.24) is 9.80 Å². The van der Waals surface area contributed by atoms with E-state index in [1.54, 1.807) is 31.3 Å². The van der Waals surface area contributed by atoms with Gasteiger partial charge in [0.25, 0.3) is 0 Å². The third-order valence-corrected chi connectivity index (χ3v) is 3.41. The molecular formula is C15H18N2O4. The summed E-state index contributed by atoms with van der Waals surface area (Å²) in [6.45, 7) is 3.07. The lowest BCUT2D eigenvalue weighted by Gasteiger charge is -2.31. The van der Waals surface area contributed by atoms with Crippen LogP contribution in [0.4, 0.5) is 0 Å². The van der Waals surface area contributed by atoms with Crippen molar-refractivity contribution >= 4 is 17.6 Å². The highest BCUT2D eigenvalue weighted by atomic mass is 16.5. The maximum Gasteiger partial charge on any atom is 0.312 e. The highest BCUT2D eigenvalue weighted by Crippen LogP contribution is 2.18. The third kappa shape index (κ3) is 3.39. The van der Waals surface area contributed by atoms with E-state index in [4.69, 9.17) is 4.74 Å². The Morgan fingerprint density at radius 1 is 1.19 bits per heavy atom. The van der Waals surface area contributed by atoms with Crippen molar-refractivity contribution in [3.05, 3.63) is 29.8 Å². The second-order valence-electron chi connectivity index (χ2n) is 4.92. The van der Waals surface area contributed by atoms with Crippen LogP contribution in [0.3, 0.4) is 0 Å². The van der Waals surface area contributed by atoms with Crippen molar-refractivity contribution in [2.24, 2.45) is 0 Å². The van der Waals surface area contributed by atoms with Crippen LogP contribution in [0.2, 0.25) is 0 Å². The Morgan fingerprint density at radius 3 is 2.62 bits per heavy atom. The number of para-hydroxylation sites is 1. The second-order valence-corrected chi connectivity index (χ2v) is 4.92. The number of ether oxygens (including phenoxy) is 1. The molecule has 0 N–H and O–H groups in total. The Morgan fingerprint density at radius 2 is 1.90 bits per heavy atom. The first-order chi connectivity index (χ1) is 10.0. The van der Waals surface area contributed by atoms with Crippen molar-refractivity contribution in [2.45, 2.75) is 6.92 Å². The molecule has 0 spiro atoms. The predicted molar refractivity (Wildman–Crippen MR) is 76.2 cm³/mol. The molecule has 2 rings (SSSR count). The molecular weight excluding hydrogens is 272 g/mol. The van der Waals surface area contributed by atoms with Crippen LogP contribution in [0.5, 0.6) is 5.75 Å². The SMILES string of the molecule is CC(=O)c1ccccc1OCCN1CCN(C)C(=O)C1=O. The van der Waals surface area contributed by atoms with Gasteiger partial charge in [-0.1, -0.05) is 12.1 Å². The second kappa shape index (κ2) is 6.39. The van der Waals surface area contributed by atoms with Crippen molar-refractivity contribution in [3.8, 4) is 5.75 Å². The maximum atomic E-state index is 11.8. The molecule has 0 bridgehead atoms.